The highest BCUT2D eigenvalue weighted by atomic mass is 16.3. The van der Waals surface area contributed by atoms with Crippen LogP contribution in [0.3, 0.4) is 0 Å². The zero-order valence-corrected chi connectivity index (χ0v) is 10.5. The molecule has 2 heterocycles. The summed E-state index contributed by atoms with van der Waals surface area (Å²) in [5, 5.41) is 9.02. The number of aromatic nitrogens is 2. The molecule has 2 aromatic heterocycles. The van der Waals surface area contributed by atoms with Crippen LogP contribution in [0.1, 0.15) is 38.1 Å². The van der Waals surface area contributed by atoms with Crippen LogP contribution in [-0.4, -0.2) is 21.1 Å². The summed E-state index contributed by atoms with van der Waals surface area (Å²) in [7, 11) is 0. The second-order valence-corrected chi connectivity index (χ2v) is 5.39. The normalized spacial score (nSPS) is 14.2. The van der Waals surface area contributed by atoms with E-state index in [0.29, 0.717) is 0 Å². The molecule has 1 atom stereocenters. The predicted molar refractivity (Wildman–Crippen MR) is 67.9 cm³/mol. The van der Waals surface area contributed by atoms with Crippen molar-refractivity contribution in [3.8, 4) is 0 Å². The summed E-state index contributed by atoms with van der Waals surface area (Å²) in [6.07, 6.45) is 3.95. The first-order chi connectivity index (χ1) is 7.91. The summed E-state index contributed by atoms with van der Waals surface area (Å²) in [5.74, 6) is 0. The first kappa shape index (κ1) is 12.1. The molecule has 0 radical (unpaired) electrons. The van der Waals surface area contributed by atoms with Crippen molar-refractivity contribution in [1.29, 1.82) is 0 Å². The summed E-state index contributed by atoms with van der Waals surface area (Å²) < 4.78 is 1.96. The van der Waals surface area contributed by atoms with Crippen LogP contribution in [0.2, 0.25) is 0 Å². The molecule has 4 heteroatoms. The van der Waals surface area contributed by atoms with E-state index in [1.165, 1.54) is 5.56 Å². The number of aliphatic hydroxyl groups excluding tert-OH is 1. The van der Waals surface area contributed by atoms with Gasteiger partial charge in [0.05, 0.1) is 18.3 Å². The quantitative estimate of drug-likeness (QED) is 0.828. The van der Waals surface area contributed by atoms with E-state index < -0.39 is 6.04 Å². The molecule has 0 aliphatic rings. The highest BCUT2D eigenvalue weighted by molar-refractivity contribution is 5.43. The van der Waals surface area contributed by atoms with E-state index in [9.17, 15) is 0 Å². The van der Waals surface area contributed by atoms with Gasteiger partial charge in [0.25, 0.3) is 0 Å². The molecule has 17 heavy (non-hydrogen) atoms. The third kappa shape index (κ3) is 2.33. The molecule has 2 rings (SSSR count). The van der Waals surface area contributed by atoms with Crippen LogP contribution in [0, 0.1) is 0 Å². The second-order valence-electron chi connectivity index (χ2n) is 5.39. The summed E-state index contributed by atoms with van der Waals surface area (Å²) in [4.78, 5) is 4.38. The summed E-state index contributed by atoms with van der Waals surface area (Å²) in [5.41, 5.74) is 8.69. The fourth-order valence-corrected chi connectivity index (χ4v) is 1.73. The second kappa shape index (κ2) is 4.13. The van der Waals surface area contributed by atoms with E-state index >= 15 is 0 Å². The van der Waals surface area contributed by atoms with Gasteiger partial charge in [0, 0.05) is 12.4 Å². The molecule has 0 fully saturated rings. The minimum absolute atomic E-state index is 0.0873. The number of hydrogen-bond acceptors (Lipinski definition) is 3. The molecule has 2 aromatic rings. The van der Waals surface area contributed by atoms with E-state index in [-0.39, 0.29) is 12.0 Å². The van der Waals surface area contributed by atoms with Gasteiger partial charge in [-0.15, -0.1) is 0 Å². The smallest absolute Gasteiger partial charge is 0.137 e. The number of pyridine rings is 1. The Kier molecular flexibility index (Phi) is 2.93. The van der Waals surface area contributed by atoms with E-state index in [2.05, 4.69) is 38.0 Å². The van der Waals surface area contributed by atoms with E-state index in [1.807, 2.05) is 16.7 Å². The molecule has 0 aliphatic carbocycles. The number of hydrogen-bond donors (Lipinski definition) is 2. The largest absolute Gasteiger partial charge is 0.394 e. The lowest BCUT2D eigenvalue weighted by Gasteiger charge is -2.18. The first-order valence-corrected chi connectivity index (χ1v) is 5.77. The van der Waals surface area contributed by atoms with Gasteiger partial charge in [-0.1, -0.05) is 26.8 Å². The Morgan fingerprint density at radius 1 is 1.35 bits per heavy atom. The molecular formula is C13H19N3O. The molecule has 0 saturated carbocycles. The summed E-state index contributed by atoms with van der Waals surface area (Å²) in [6.45, 7) is 6.43. The zero-order valence-electron chi connectivity index (χ0n) is 10.5. The number of fused-ring (bicyclic) bond motifs is 1. The fraction of sp³-hybridized carbons (Fsp3) is 0.462. The fourth-order valence-electron chi connectivity index (χ4n) is 1.73. The number of imidazole rings is 1. The van der Waals surface area contributed by atoms with Gasteiger partial charge in [-0.2, -0.15) is 0 Å². The standard InChI is InChI=1S/C13H19N3O/c1-13(2,3)9-4-5-12-15-11(10(14)8-17)7-16(12)6-9/h4-7,10,17H,8,14H2,1-3H3. The molecule has 0 amide bonds. The van der Waals surface area contributed by atoms with E-state index in [4.69, 9.17) is 10.8 Å². The van der Waals surface area contributed by atoms with Crippen LogP contribution in [0.5, 0.6) is 0 Å². The summed E-state index contributed by atoms with van der Waals surface area (Å²) in [6, 6.07) is 3.65. The zero-order chi connectivity index (χ0) is 12.6. The van der Waals surface area contributed by atoms with Gasteiger partial charge in [-0.05, 0) is 17.0 Å². The Morgan fingerprint density at radius 3 is 2.65 bits per heavy atom. The highest BCUT2D eigenvalue weighted by Gasteiger charge is 2.15. The van der Waals surface area contributed by atoms with Crippen molar-refractivity contribution >= 4 is 5.65 Å². The molecule has 3 N–H and O–H groups in total. The van der Waals surface area contributed by atoms with Crippen LogP contribution < -0.4 is 5.73 Å². The van der Waals surface area contributed by atoms with Crippen molar-refractivity contribution in [3.63, 3.8) is 0 Å². The maximum Gasteiger partial charge on any atom is 0.137 e. The summed E-state index contributed by atoms with van der Waals surface area (Å²) >= 11 is 0. The van der Waals surface area contributed by atoms with Gasteiger partial charge in [-0.25, -0.2) is 4.98 Å². The lowest BCUT2D eigenvalue weighted by Crippen LogP contribution is -2.14. The number of nitrogens with zero attached hydrogens (tertiary/aromatic N) is 2. The molecule has 0 saturated heterocycles. The Bertz CT molecular complexity index is 525. The first-order valence-electron chi connectivity index (χ1n) is 5.77. The lowest BCUT2D eigenvalue weighted by molar-refractivity contribution is 0.266. The van der Waals surface area contributed by atoms with Gasteiger partial charge in [0.1, 0.15) is 5.65 Å². The third-order valence-electron chi connectivity index (χ3n) is 2.91. The van der Waals surface area contributed by atoms with Crippen molar-refractivity contribution in [2.45, 2.75) is 32.2 Å². The Balaban J connectivity index is 2.48. The van der Waals surface area contributed by atoms with Gasteiger partial charge in [-0.3, -0.25) is 0 Å². The molecule has 0 bridgehead atoms. The lowest BCUT2D eigenvalue weighted by atomic mass is 9.88. The Hall–Kier alpha value is -1.39. The van der Waals surface area contributed by atoms with Crippen molar-refractivity contribution in [2.24, 2.45) is 5.73 Å². The molecule has 4 nitrogen and oxygen atoms in total. The third-order valence-corrected chi connectivity index (χ3v) is 2.91. The maximum atomic E-state index is 9.02. The molecule has 0 aromatic carbocycles. The van der Waals surface area contributed by atoms with Crippen molar-refractivity contribution in [3.05, 3.63) is 35.8 Å². The average molecular weight is 233 g/mol. The Labute approximate surface area is 101 Å². The molecule has 1 unspecified atom stereocenters. The van der Waals surface area contributed by atoms with Crippen molar-refractivity contribution in [2.75, 3.05) is 6.61 Å². The minimum atomic E-state index is -0.409. The van der Waals surface area contributed by atoms with Crippen LogP contribution in [-0.2, 0) is 5.41 Å². The van der Waals surface area contributed by atoms with Gasteiger partial charge < -0.3 is 15.2 Å². The molecule has 92 valence electrons. The van der Waals surface area contributed by atoms with Gasteiger partial charge in [0.15, 0.2) is 0 Å². The monoisotopic (exact) mass is 233 g/mol. The molecular weight excluding hydrogens is 214 g/mol. The number of aliphatic hydroxyl groups is 1. The van der Waals surface area contributed by atoms with Crippen LogP contribution in [0.25, 0.3) is 5.65 Å². The van der Waals surface area contributed by atoms with Crippen LogP contribution >= 0.6 is 0 Å². The van der Waals surface area contributed by atoms with Crippen LogP contribution in [0.15, 0.2) is 24.5 Å². The number of rotatable bonds is 2. The SMILES string of the molecule is CC(C)(C)c1ccc2nc(C(N)CO)cn2c1. The van der Waals surface area contributed by atoms with Crippen molar-refractivity contribution < 1.29 is 5.11 Å². The van der Waals surface area contributed by atoms with E-state index in [0.717, 1.165) is 11.3 Å². The topological polar surface area (TPSA) is 63.5 Å². The number of nitrogens with two attached hydrogens (primary N) is 1. The highest BCUT2D eigenvalue weighted by Crippen LogP contribution is 2.23. The van der Waals surface area contributed by atoms with Crippen molar-refractivity contribution in [1.82, 2.24) is 9.38 Å². The minimum Gasteiger partial charge on any atom is -0.394 e. The predicted octanol–water partition coefficient (Wildman–Crippen LogP) is 1.62. The van der Waals surface area contributed by atoms with Gasteiger partial charge >= 0.3 is 0 Å². The Morgan fingerprint density at radius 2 is 2.06 bits per heavy atom. The average Bonchev–Trinajstić information content (AvgIpc) is 2.69. The molecule has 0 spiro atoms. The van der Waals surface area contributed by atoms with Gasteiger partial charge in [0.2, 0.25) is 0 Å². The van der Waals surface area contributed by atoms with E-state index in [1.54, 1.807) is 0 Å². The van der Waals surface area contributed by atoms with Crippen LogP contribution in [0.4, 0.5) is 0 Å². The molecule has 0 aliphatic heterocycles. The maximum absolute atomic E-state index is 9.02.